The number of rotatable bonds is 8. The molecule has 1 aliphatic heterocycles. The lowest BCUT2D eigenvalue weighted by molar-refractivity contribution is 0.0499. The molecule has 0 bridgehead atoms. The predicted molar refractivity (Wildman–Crippen MR) is 107 cm³/mol. The van der Waals surface area contributed by atoms with Gasteiger partial charge < -0.3 is 19.5 Å². The maximum absolute atomic E-state index is 11.9. The molecule has 2 heterocycles. The summed E-state index contributed by atoms with van der Waals surface area (Å²) in [6.07, 6.45) is 1.62. The first-order chi connectivity index (χ1) is 13.2. The number of hydrogen-bond acceptors (Lipinski definition) is 6. The van der Waals surface area contributed by atoms with Crippen molar-refractivity contribution in [2.24, 2.45) is 0 Å². The second-order valence-corrected chi connectivity index (χ2v) is 7.70. The fraction of sp³-hybridized carbons (Fsp3) is 0.476. The van der Waals surface area contributed by atoms with Crippen LogP contribution in [0.3, 0.4) is 0 Å². The standard InChI is InChI=1S/C21H27NO4S/c1-2-25-21(24)20-19(10-13-27-20)26-15-18(23)14-22-11-8-17(9-12-22)16-6-4-3-5-7-16/h3-7,10,13,17-18,23H,2,8-9,11-12,14-15H2,1H3. The molecule has 1 fully saturated rings. The quantitative estimate of drug-likeness (QED) is 0.700. The second-order valence-electron chi connectivity index (χ2n) is 6.78. The molecule has 3 rings (SSSR count). The number of esters is 1. The van der Waals surface area contributed by atoms with Gasteiger partial charge in [-0.2, -0.15) is 0 Å². The van der Waals surface area contributed by atoms with E-state index in [4.69, 9.17) is 9.47 Å². The Morgan fingerprint density at radius 3 is 2.70 bits per heavy atom. The van der Waals surface area contributed by atoms with Crippen molar-refractivity contribution in [3.8, 4) is 5.75 Å². The summed E-state index contributed by atoms with van der Waals surface area (Å²) in [7, 11) is 0. The van der Waals surface area contributed by atoms with Gasteiger partial charge in [0.15, 0.2) is 4.88 Å². The van der Waals surface area contributed by atoms with E-state index < -0.39 is 6.10 Å². The average molecular weight is 390 g/mol. The molecule has 0 radical (unpaired) electrons. The third-order valence-electron chi connectivity index (χ3n) is 4.85. The molecule has 5 nitrogen and oxygen atoms in total. The van der Waals surface area contributed by atoms with E-state index >= 15 is 0 Å². The maximum atomic E-state index is 11.9. The minimum Gasteiger partial charge on any atom is -0.489 e. The number of hydrogen-bond donors (Lipinski definition) is 1. The van der Waals surface area contributed by atoms with Gasteiger partial charge in [-0.05, 0) is 55.8 Å². The lowest BCUT2D eigenvalue weighted by Crippen LogP contribution is -2.40. The molecule has 1 aromatic heterocycles. The Morgan fingerprint density at radius 1 is 1.26 bits per heavy atom. The molecule has 1 atom stereocenters. The third-order valence-corrected chi connectivity index (χ3v) is 5.72. The van der Waals surface area contributed by atoms with E-state index in [0.29, 0.717) is 29.7 Å². The van der Waals surface area contributed by atoms with Crippen LogP contribution in [0.2, 0.25) is 0 Å². The highest BCUT2D eigenvalue weighted by Crippen LogP contribution is 2.28. The van der Waals surface area contributed by atoms with E-state index in [-0.39, 0.29) is 12.6 Å². The first-order valence-corrected chi connectivity index (χ1v) is 10.4. The van der Waals surface area contributed by atoms with Gasteiger partial charge in [0.1, 0.15) is 18.5 Å². The largest absolute Gasteiger partial charge is 0.489 e. The number of aliphatic hydroxyl groups is 1. The first kappa shape index (κ1) is 19.9. The Balaban J connectivity index is 1.42. The van der Waals surface area contributed by atoms with Crippen molar-refractivity contribution < 1.29 is 19.4 Å². The SMILES string of the molecule is CCOC(=O)c1sccc1OCC(O)CN1CCC(c2ccccc2)CC1. The van der Waals surface area contributed by atoms with Crippen LogP contribution in [0.25, 0.3) is 0 Å². The van der Waals surface area contributed by atoms with Gasteiger partial charge in [-0.15, -0.1) is 11.3 Å². The van der Waals surface area contributed by atoms with Crippen LogP contribution in [0, 0.1) is 0 Å². The van der Waals surface area contributed by atoms with Crippen molar-refractivity contribution in [2.45, 2.75) is 31.8 Å². The summed E-state index contributed by atoms with van der Waals surface area (Å²) in [6, 6.07) is 12.4. The van der Waals surface area contributed by atoms with Gasteiger partial charge in [0, 0.05) is 6.54 Å². The molecule has 1 saturated heterocycles. The smallest absolute Gasteiger partial charge is 0.352 e. The van der Waals surface area contributed by atoms with Crippen LogP contribution in [-0.2, 0) is 4.74 Å². The Labute approximate surface area is 164 Å². The maximum Gasteiger partial charge on any atom is 0.352 e. The molecular weight excluding hydrogens is 362 g/mol. The Hall–Kier alpha value is -1.89. The molecule has 1 unspecified atom stereocenters. The molecule has 146 valence electrons. The monoisotopic (exact) mass is 389 g/mol. The van der Waals surface area contributed by atoms with E-state index in [9.17, 15) is 9.90 Å². The second kappa shape index (κ2) is 9.88. The van der Waals surface area contributed by atoms with Gasteiger partial charge in [-0.1, -0.05) is 30.3 Å². The summed E-state index contributed by atoms with van der Waals surface area (Å²) in [5.41, 5.74) is 1.41. The minimum absolute atomic E-state index is 0.168. The van der Waals surface area contributed by atoms with E-state index in [0.717, 1.165) is 25.9 Å². The zero-order valence-corrected chi connectivity index (χ0v) is 16.5. The van der Waals surface area contributed by atoms with E-state index in [2.05, 4.69) is 35.2 Å². The predicted octanol–water partition coefficient (Wildman–Crippen LogP) is 3.54. The zero-order chi connectivity index (χ0) is 19.1. The van der Waals surface area contributed by atoms with Gasteiger partial charge in [-0.3, -0.25) is 0 Å². The van der Waals surface area contributed by atoms with Crippen molar-refractivity contribution in [1.29, 1.82) is 0 Å². The van der Waals surface area contributed by atoms with Crippen LogP contribution in [-0.4, -0.2) is 54.9 Å². The summed E-state index contributed by atoms with van der Waals surface area (Å²) < 4.78 is 10.7. The van der Waals surface area contributed by atoms with Crippen molar-refractivity contribution >= 4 is 17.3 Å². The fourth-order valence-corrected chi connectivity index (χ4v) is 4.19. The van der Waals surface area contributed by atoms with E-state index in [1.165, 1.54) is 16.9 Å². The van der Waals surface area contributed by atoms with Gasteiger partial charge in [-0.25, -0.2) is 4.79 Å². The zero-order valence-electron chi connectivity index (χ0n) is 15.7. The van der Waals surface area contributed by atoms with Crippen LogP contribution in [0.4, 0.5) is 0 Å². The number of likely N-dealkylation sites (tertiary alicyclic amines) is 1. The lowest BCUT2D eigenvalue weighted by Gasteiger charge is -2.33. The molecule has 1 aliphatic rings. The molecule has 27 heavy (non-hydrogen) atoms. The number of nitrogens with zero attached hydrogens (tertiary/aromatic N) is 1. The van der Waals surface area contributed by atoms with Crippen molar-refractivity contribution in [2.75, 3.05) is 32.8 Å². The number of aliphatic hydroxyl groups excluding tert-OH is 1. The van der Waals surface area contributed by atoms with Crippen molar-refractivity contribution in [3.63, 3.8) is 0 Å². The summed E-state index contributed by atoms with van der Waals surface area (Å²) in [4.78, 5) is 14.6. The number of thiophene rings is 1. The van der Waals surface area contributed by atoms with Crippen molar-refractivity contribution in [1.82, 2.24) is 4.90 Å². The van der Waals surface area contributed by atoms with Crippen molar-refractivity contribution in [3.05, 3.63) is 52.2 Å². The number of benzene rings is 1. The Kier molecular flexibility index (Phi) is 7.26. The lowest BCUT2D eigenvalue weighted by atomic mass is 9.89. The van der Waals surface area contributed by atoms with Crippen LogP contribution in [0.15, 0.2) is 41.8 Å². The fourth-order valence-electron chi connectivity index (χ4n) is 3.47. The molecule has 6 heteroatoms. The van der Waals surface area contributed by atoms with Gasteiger partial charge in [0.05, 0.1) is 6.61 Å². The Morgan fingerprint density at radius 2 is 2.00 bits per heavy atom. The van der Waals surface area contributed by atoms with E-state index in [1.54, 1.807) is 18.4 Å². The topological polar surface area (TPSA) is 59.0 Å². The molecule has 1 N–H and O–H groups in total. The molecule has 0 amide bonds. The number of β-amino-alcohol motifs (C(OH)–C–C–N with tert-alkyl or cyclic N) is 1. The van der Waals surface area contributed by atoms with Gasteiger partial charge in [0.25, 0.3) is 0 Å². The molecule has 2 aromatic rings. The molecule has 1 aromatic carbocycles. The van der Waals surface area contributed by atoms with Crippen LogP contribution >= 0.6 is 11.3 Å². The third kappa shape index (κ3) is 5.54. The minimum atomic E-state index is -0.590. The molecular formula is C21H27NO4S. The summed E-state index contributed by atoms with van der Waals surface area (Å²) in [5.74, 6) is 0.717. The van der Waals surface area contributed by atoms with E-state index in [1.807, 2.05) is 0 Å². The van der Waals surface area contributed by atoms with Gasteiger partial charge >= 0.3 is 5.97 Å². The number of carbonyl (C=O) groups excluding carboxylic acids is 1. The Bertz CT molecular complexity index is 710. The average Bonchev–Trinajstić information content (AvgIpc) is 3.17. The summed E-state index contributed by atoms with van der Waals surface area (Å²) >= 11 is 1.29. The number of piperidine rings is 1. The normalized spacial score (nSPS) is 16.8. The highest BCUT2D eigenvalue weighted by atomic mass is 32.1. The van der Waals surface area contributed by atoms with Crippen LogP contribution < -0.4 is 4.74 Å². The number of carbonyl (C=O) groups is 1. The molecule has 0 aliphatic carbocycles. The summed E-state index contributed by atoms with van der Waals surface area (Å²) in [5, 5.41) is 12.1. The molecule has 0 saturated carbocycles. The van der Waals surface area contributed by atoms with Gasteiger partial charge in [0.2, 0.25) is 0 Å². The number of ether oxygens (including phenoxy) is 2. The summed E-state index contributed by atoms with van der Waals surface area (Å²) in [6.45, 7) is 4.81. The van der Waals surface area contributed by atoms with Crippen LogP contribution in [0.5, 0.6) is 5.75 Å². The molecule has 0 spiro atoms. The highest BCUT2D eigenvalue weighted by molar-refractivity contribution is 7.12. The first-order valence-electron chi connectivity index (χ1n) is 9.50. The highest BCUT2D eigenvalue weighted by Gasteiger charge is 2.23. The van der Waals surface area contributed by atoms with Crippen LogP contribution in [0.1, 0.15) is 40.9 Å².